The number of ether oxygens (including phenoxy) is 2. The molecular weight excluding hydrogens is 237 g/mol. The predicted octanol–water partition coefficient (Wildman–Crippen LogP) is 3.15. The number of hydrogen-bond acceptors (Lipinski definition) is 3. The van der Waals surface area contributed by atoms with Gasteiger partial charge in [-0.15, -0.1) is 13.2 Å². The molecule has 1 rings (SSSR count). The van der Waals surface area contributed by atoms with Crippen LogP contribution in [0.1, 0.15) is 23.7 Å². The molecule has 0 amide bonds. The summed E-state index contributed by atoms with van der Waals surface area (Å²) in [6, 6.07) is 4.76. The van der Waals surface area contributed by atoms with Crippen molar-refractivity contribution in [1.29, 1.82) is 0 Å². The highest BCUT2D eigenvalue weighted by Crippen LogP contribution is 2.23. The Bertz CT molecular complexity index is 388. The lowest BCUT2D eigenvalue weighted by molar-refractivity contribution is -0.274. The maximum absolute atomic E-state index is 11.9. The summed E-state index contributed by atoms with van der Waals surface area (Å²) in [5.41, 5.74) is 0.0280. The van der Waals surface area contributed by atoms with Gasteiger partial charge in [-0.05, 0) is 24.6 Å². The minimum Gasteiger partial charge on any atom is -0.462 e. The van der Waals surface area contributed by atoms with E-state index in [9.17, 15) is 18.0 Å². The van der Waals surface area contributed by atoms with Gasteiger partial charge in [0.2, 0.25) is 0 Å². The Morgan fingerprint density at radius 2 is 2.06 bits per heavy atom. The third-order valence-electron chi connectivity index (χ3n) is 1.74. The molecule has 94 valence electrons. The van der Waals surface area contributed by atoms with E-state index in [2.05, 4.69) is 4.74 Å². The molecule has 0 aliphatic rings. The Balaban J connectivity index is 2.75. The molecule has 0 radical (unpaired) electrons. The second kappa shape index (κ2) is 5.56. The molecule has 0 saturated carbocycles. The maximum atomic E-state index is 11.9. The van der Waals surface area contributed by atoms with Crippen molar-refractivity contribution in [3.05, 3.63) is 29.8 Å². The van der Waals surface area contributed by atoms with Gasteiger partial charge < -0.3 is 9.47 Å². The molecule has 0 fully saturated rings. The van der Waals surface area contributed by atoms with E-state index in [-0.39, 0.29) is 12.2 Å². The van der Waals surface area contributed by atoms with E-state index in [1.807, 2.05) is 6.92 Å². The zero-order chi connectivity index (χ0) is 12.9. The van der Waals surface area contributed by atoms with Crippen molar-refractivity contribution in [3.63, 3.8) is 0 Å². The Morgan fingerprint density at radius 1 is 1.35 bits per heavy atom. The first kappa shape index (κ1) is 13.3. The van der Waals surface area contributed by atoms with Gasteiger partial charge in [-0.1, -0.05) is 13.0 Å². The molecule has 6 heteroatoms. The molecule has 1 aromatic rings. The van der Waals surface area contributed by atoms with Gasteiger partial charge >= 0.3 is 12.3 Å². The van der Waals surface area contributed by atoms with Crippen LogP contribution < -0.4 is 4.74 Å². The van der Waals surface area contributed by atoms with Crippen LogP contribution in [0.3, 0.4) is 0 Å². The van der Waals surface area contributed by atoms with Crippen LogP contribution in [0.5, 0.6) is 5.75 Å². The van der Waals surface area contributed by atoms with Gasteiger partial charge in [0, 0.05) is 0 Å². The molecular formula is C11H11F3O3. The van der Waals surface area contributed by atoms with Crippen LogP contribution in [0, 0.1) is 0 Å². The molecule has 1 aromatic carbocycles. The molecule has 0 unspecified atom stereocenters. The summed E-state index contributed by atoms with van der Waals surface area (Å²) < 4.78 is 44.3. The van der Waals surface area contributed by atoms with Gasteiger partial charge in [-0.3, -0.25) is 0 Å². The summed E-state index contributed by atoms with van der Waals surface area (Å²) in [4.78, 5) is 11.4. The van der Waals surface area contributed by atoms with E-state index in [4.69, 9.17) is 4.74 Å². The summed E-state index contributed by atoms with van der Waals surface area (Å²) >= 11 is 0. The van der Waals surface area contributed by atoms with Gasteiger partial charge in [0.1, 0.15) is 5.75 Å². The van der Waals surface area contributed by atoms with Crippen LogP contribution in [0.4, 0.5) is 13.2 Å². The Hall–Kier alpha value is -1.72. The predicted molar refractivity (Wildman–Crippen MR) is 53.7 cm³/mol. The van der Waals surface area contributed by atoms with Gasteiger partial charge in [0.25, 0.3) is 0 Å². The third kappa shape index (κ3) is 4.76. The summed E-state index contributed by atoms with van der Waals surface area (Å²) in [6.45, 7) is 2.04. The summed E-state index contributed by atoms with van der Waals surface area (Å²) in [5.74, 6) is -1.11. The van der Waals surface area contributed by atoms with Gasteiger partial charge in [0.05, 0.1) is 12.2 Å². The van der Waals surface area contributed by atoms with Crippen LogP contribution in [0.15, 0.2) is 24.3 Å². The average molecular weight is 248 g/mol. The number of esters is 1. The number of carbonyl (C=O) groups excluding carboxylic acids is 1. The molecule has 0 aliphatic carbocycles. The van der Waals surface area contributed by atoms with Gasteiger partial charge in [-0.2, -0.15) is 0 Å². The summed E-state index contributed by atoms with van der Waals surface area (Å²) in [7, 11) is 0. The highest BCUT2D eigenvalue weighted by molar-refractivity contribution is 5.89. The van der Waals surface area contributed by atoms with E-state index in [1.165, 1.54) is 12.1 Å². The summed E-state index contributed by atoms with van der Waals surface area (Å²) in [5, 5.41) is 0. The quantitative estimate of drug-likeness (QED) is 0.768. The lowest BCUT2D eigenvalue weighted by Gasteiger charge is -2.09. The van der Waals surface area contributed by atoms with Crippen molar-refractivity contribution in [2.24, 2.45) is 0 Å². The summed E-state index contributed by atoms with van der Waals surface area (Å²) in [6.07, 6.45) is -4.13. The molecule has 3 nitrogen and oxygen atoms in total. The number of carbonyl (C=O) groups is 1. The highest BCUT2D eigenvalue weighted by atomic mass is 19.4. The Kier molecular flexibility index (Phi) is 4.37. The molecule has 17 heavy (non-hydrogen) atoms. The molecule has 0 atom stereocenters. The second-order valence-electron chi connectivity index (χ2n) is 3.21. The lowest BCUT2D eigenvalue weighted by atomic mass is 10.2. The van der Waals surface area contributed by atoms with Crippen LogP contribution >= 0.6 is 0 Å². The number of hydrogen-bond donors (Lipinski definition) is 0. The van der Waals surface area contributed by atoms with E-state index >= 15 is 0 Å². The average Bonchev–Trinajstić information content (AvgIpc) is 2.24. The van der Waals surface area contributed by atoms with Crippen LogP contribution in [0.2, 0.25) is 0 Å². The first-order valence-corrected chi connectivity index (χ1v) is 4.95. The standard InChI is InChI=1S/C11H11F3O3/c1-2-6-16-10(15)8-4-3-5-9(7-8)17-11(12,13)14/h3-5,7H,2,6H2,1H3. The Morgan fingerprint density at radius 3 is 2.65 bits per heavy atom. The fourth-order valence-corrected chi connectivity index (χ4v) is 1.10. The number of benzene rings is 1. The van der Waals surface area contributed by atoms with Crippen molar-refractivity contribution in [3.8, 4) is 5.75 Å². The minimum absolute atomic E-state index is 0.0280. The number of rotatable bonds is 4. The fourth-order valence-electron chi connectivity index (χ4n) is 1.10. The topological polar surface area (TPSA) is 35.5 Å². The first-order chi connectivity index (χ1) is 7.92. The van der Waals surface area contributed by atoms with E-state index < -0.39 is 18.1 Å². The molecule has 0 aliphatic heterocycles. The number of halogens is 3. The van der Waals surface area contributed by atoms with Gasteiger partial charge in [0.15, 0.2) is 0 Å². The third-order valence-corrected chi connectivity index (χ3v) is 1.74. The van der Waals surface area contributed by atoms with Crippen molar-refractivity contribution in [1.82, 2.24) is 0 Å². The van der Waals surface area contributed by atoms with Crippen LogP contribution in [-0.4, -0.2) is 18.9 Å². The van der Waals surface area contributed by atoms with Crippen molar-refractivity contribution in [2.75, 3.05) is 6.61 Å². The smallest absolute Gasteiger partial charge is 0.462 e. The van der Waals surface area contributed by atoms with Crippen molar-refractivity contribution >= 4 is 5.97 Å². The van der Waals surface area contributed by atoms with E-state index in [0.717, 1.165) is 12.1 Å². The molecule has 0 saturated heterocycles. The fraction of sp³-hybridized carbons (Fsp3) is 0.364. The molecule has 0 bridgehead atoms. The second-order valence-corrected chi connectivity index (χ2v) is 3.21. The molecule has 0 N–H and O–H groups in total. The molecule has 0 spiro atoms. The largest absolute Gasteiger partial charge is 0.573 e. The first-order valence-electron chi connectivity index (χ1n) is 4.95. The normalized spacial score (nSPS) is 11.1. The maximum Gasteiger partial charge on any atom is 0.573 e. The Labute approximate surface area is 96.1 Å². The monoisotopic (exact) mass is 248 g/mol. The zero-order valence-electron chi connectivity index (χ0n) is 9.08. The van der Waals surface area contributed by atoms with Crippen LogP contribution in [0.25, 0.3) is 0 Å². The minimum atomic E-state index is -4.77. The lowest BCUT2D eigenvalue weighted by Crippen LogP contribution is -2.17. The highest BCUT2D eigenvalue weighted by Gasteiger charge is 2.31. The van der Waals surface area contributed by atoms with Gasteiger partial charge in [-0.25, -0.2) is 4.79 Å². The van der Waals surface area contributed by atoms with Crippen molar-refractivity contribution in [2.45, 2.75) is 19.7 Å². The zero-order valence-corrected chi connectivity index (χ0v) is 9.08. The number of alkyl halides is 3. The van der Waals surface area contributed by atoms with Crippen LogP contribution in [-0.2, 0) is 4.74 Å². The van der Waals surface area contributed by atoms with E-state index in [0.29, 0.717) is 6.42 Å². The van der Waals surface area contributed by atoms with E-state index in [1.54, 1.807) is 0 Å². The molecule has 0 aromatic heterocycles. The van der Waals surface area contributed by atoms with Crippen molar-refractivity contribution < 1.29 is 27.4 Å². The SMILES string of the molecule is CCCOC(=O)c1cccc(OC(F)(F)F)c1. The molecule has 0 heterocycles.